The minimum Gasteiger partial charge on any atom is -0.544 e. The smallest absolute Gasteiger partial charge is 0.435 e. The largest absolute Gasteiger partial charge is 0.544 e. The molecule has 0 saturated carbocycles. The number of alkyl halides is 3. The van der Waals surface area contributed by atoms with Crippen LogP contribution in [0.5, 0.6) is 5.75 Å². The van der Waals surface area contributed by atoms with Crippen LogP contribution in [0, 0.1) is 11.8 Å². The molecular formula is C38H42ClF3N10O6. The molecule has 0 aliphatic carbocycles. The Morgan fingerprint density at radius 3 is 2.31 bits per heavy atom. The molecule has 7 rings (SSSR count). The Bertz CT molecular complexity index is 2190. The first-order valence-electron chi connectivity index (χ1n) is 18.8. The highest BCUT2D eigenvalue weighted by atomic mass is 35.5. The molecule has 3 amide bonds. The Balaban J connectivity index is 0.956. The van der Waals surface area contributed by atoms with Crippen LogP contribution in [0.4, 0.5) is 18.9 Å². The molecule has 308 valence electrons. The summed E-state index contributed by atoms with van der Waals surface area (Å²) < 4.78 is 50.1. The van der Waals surface area contributed by atoms with Crippen molar-refractivity contribution < 1.29 is 46.7 Å². The zero-order valence-corrected chi connectivity index (χ0v) is 32.6. The Morgan fingerprint density at radius 1 is 1.02 bits per heavy atom. The number of rotatable bonds is 11. The summed E-state index contributed by atoms with van der Waals surface area (Å²) in [7, 11) is 2.83. The van der Waals surface area contributed by atoms with Gasteiger partial charge < -0.3 is 44.1 Å². The van der Waals surface area contributed by atoms with Crippen LogP contribution >= 0.6 is 11.6 Å². The molecule has 4 aromatic rings. The standard InChI is InChI=1S/C38H42ClF3N10O6/c1-48-30(28-20-51(47-33(28)38(40,41)42)31-6-4-26(58-2)18-44-31)19-45-34(48)35(55)46-25-3-5-27(29(39)15-25)37(57)50-11-9-49(10-12-50)36(56)24-7-13-52(14-8-24,22-32(53)54)21-23-16-43-17-23/h3-6,15,18-20,23-24,43H,7-14,16-17,21-22H2,1-2H3,(H-,46,53,54,55,57). The second kappa shape index (κ2) is 16.4. The number of quaternary nitrogens is 1. The van der Waals surface area contributed by atoms with Crippen LogP contribution in [0.15, 0.2) is 48.9 Å². The number of piperazine rings is 1. The van der Waals surface area contributed by atoms with Gasteiger partial charge in [-0.3, -0.25) is 14.4 Å². The number of amides is 3. The van der Waals surface area contributed by atoms with Crippen molar-refractivity contribution in [2.24, 2.45) is 18.9 Å². The first-order valence-corrected chi connectivity index (χ1v) is 19.2. The fraction of sp³-hybridized carbons (Fsp3) is 0.447. The van der Waals surface area contributed by atoms with Gasteiger partial charge in [0, 0.05) is 82.9 Å². The van der Waals surface area contributed by atoms with Gasteiger partial charge in [0.15, 0.2) is 17.3 Å². The van der Waals surface area contributed by atoms with Crippen molar-refractivity contribution in [2.75, 3.05) is 77.9 Å². The van der Waals surface area contributed by atoms with Crippen LogP contribution in [0.25, 0.3) is 17.1 Å². The van der Waals surface area contributed by atoms with Gasteiger partial charge in [-0.1, -0.05) is 11.6 Å². The highest BCUT2D eigenvalue weighted by Gasteiger charge is 2.42. The van der Waals surface area contributed by atoms with E-state index < -0.39 is 23.7 Å². The summed E-state index contributed by atoms with van der Waals surface area (Å²) in [5.41, 5.74) is -1.13. The number of aromatic nitrogens is 5. The summed E-state index contributed by atoms with van der Waals surface area (Å²) >= 11 is 6.54. The molecule has 0 spiro atoms. The van der Waals surface area contributed by atoms with E-state index in [9.17, 15) is 37.5 Å². The van der Waals surface area contributed by atoms with Gasteiger partial charge in [0.2, 0.25) is 5.91 Å². The monoisotopic (exact) mass is 826 g/mol. The van der Waals surface area contributed by atoms with E-state index in [0.717, 1.165) is 36.7 Å². The second-order valence-corrected chi connectivity index (χ2v) is 15.4. The highest BCUT2D eigenvalue weighted by Crippen LogP contribution is 2.37. The van der Waals surface area contributed by atoms with Crippen molar-refractivity contribution in [1.29, 1.82) is 0 Å². The van der Waals surface area contributed by atoms with E-state index in [0.29, 0.717) is 68.3 Å². The number of ether oxygens (including phenoxy) is 1. The Labute approximate surface area is 336 Å². The molecule has 1 aromatic carbocycles. The molecule has 6 heterocycles. The van der Waals surface area contributed by atoms with Crippen molar-refractivity contribution in [2.45, 2.75) is 19.0 Å². The molecule has 3 aliphatic rings. The normalized spacial score (nSPS) is 20.1. The highest BCUT2D eigenvalue weighted by molar-refractivity contribution is 6.34. The van der Waals surface area contributed by atoms with Crippen LogP contribution in [0.3, 0.4) is 0 Å². The number of pyridine rings is 1. The number of carboxylic acids is 1. The van der Waals surface area contributed by atoms with Crippen LogP contribution in [0.2, 0.25) is 5.02 Å². The minimum atomic E-state index is -4.83. The third-order valence-electron chi connectivity index (χ3n) is 11.2. The fourth-order valence-corrected chi connectivity index (χ4v) is 8.23. The quantitative estimate of drug-likeness (QED) is 0.213. The Morgan fingerprint density at radius 2 is 1.72 bits per heavy atom. The molecular weight excluding hydrogens is 785 g/mol. The van der Waals surface area contributed by atoms with E-state index in [4.69, 9.17) is 16.3 Å². The number of anilines is 1. The van der Waals surface area contributed by atoms with Crippen molar-refractivity contribution in [3.63, 3.8) is 0 Å². The second-order valence-electron chi connectivity index (χ2n) is 15.0. The number of imidazole rings is 1. The van der Waals surface area contributed by atoms with Crippen molar-refractivity contribution in [3.8, 4) is 22.8 Å². The lowest BCUT2D eigenvalue weighted by Gasteiger charge is -2.47. The SMILES string of the molecule is COc1ccc(-n2cc(-c3cnc(C(=O)Nc4ccc(C(=O)N5CCN(C(=O)C6CC[N+](CC(=O)[O-])(CC7CNC7)CC6)CC5)c(Cl)c4)n3C)c(C(F)(F)F)n2)nc1. The van der Waals surface area contributed by atoms with Gasteiger partial charge in [-0.05, 0) is 30.3 Å². The Kier molecular flexibility index (Phi) is 11.5. The van der Waals surface area contributed by atoms with E-state index >= 15 is 0 Å². The van der Waals surface area contributed by atoms with Gasteiger partial charge in [-0.2, -0.15) is 18.3 Å². The van der Waals surface area contributed by atoms with Crippen LogP contribution in [-0.2, 0) is 22.8 Å². The summed E-state index contributed by atoms with van der Waals surface area (Å²) in [4.78, 5) is 63.5. The van der Waals surface area contributed by atoms with Crippen molar-refractivity contribution in [1.82, 2.24) is 39.4 Å². The molecule has 20 heteroatoms. The number of methoxy groups -OCH3 is 1. The minimum absolute atomic E-state index is 0.0170. The lowest BCUT2D eigenvalue weighted by molar-refractivity contribution is -0.931. The maximum atomic E-state index is 14.1. The third kappa shape index (κ3) is 8.51. The van der Waals surface area contributed by atoms with Gasteiger partial charge in [0.25, 0.3) is 11.8 Å². The number of hydrogen-bond acceptors (Lipinski definition) is 10. The first-order chi connectivity index (χ1) is 27.6. The zero-order valence-electron chi connectivity index (χ0n) is 31.8. The number of benzene rings is 1. The molecule has 0 atom stereocenters. The summed E-state index contributed by atoms with van der Waals surface area (Å²) in [6, 6.07) is 7.33. The van der Waals surface area contributed by atoms with E-state index in [1.165, 1.54) is 55.3 Å². The molecule has 0 radical (unpaired) electrons. The van der Waals surface area contributed by atoms with Crippen LogP contribution in [-0.4, -0.2) is 135 Å². The average Bonchev–Trinajstić information content (AvgIpc) is 3.80. The summed E-state index contributed by atoms with van der Waals surface area (Å²) in [5.74, 6) is -1.59. The average molecular weight is 827 g/mol. The van der Waals surface area contributed by atoms with Crippen molar-refractivity contribution in [3.05, 3.63) is 71.0 Å². The Hall–Kier alpha value is -5.53. The van der Waals surface area contributed by atoms with Crippen LogP contribution in [0.1, 0.15) is 39.5 Å². The van der Waals surface area contributed by atoms with E-state index in [1.54, 1.807) is 9.80 Å². The number of carboxylic acid groups (broad SMARTS) is 1. The van der Waals surface area contributed by atoms with Crippen LogP contribution < -0.4 is 20.5 Å². The maximum absolute atomic E-state index is 14.1. The number of hydrogen-bond donors (Lipinski definition) is 2. The lowest BCUT2D eigenvalue weighted by Crippen LogP contribution is -2.63. The number of carbonyl (C=O) groups excluding carboxylic acids is 4. The van der Waals surface area contributed by atoms with E-state index in [-0.39, 0.29) is 63.5 Å². The predicted octanol–water partition coefficient (Wildman–Crippen LogP) is 2.08. The van der Waals surface area contributed by atoms with E-state index in [2.05, 4.69) is 25.7 Å². The zero-order chi connectivity index (χ0) is 41.4. The number of aliphatic carboxylic acids is 1. The van der Waals surface area contributed by atoms with Gasteiger partial charge >= 0.3 is 6.18 Å². The summed E-state index contributed by atoms with van der Waals surface area (Å²) in [6.07, 6.45) is 0.00236. The molecule has 0 unspecified atom stereocenters. The molecule has 3 aliphatic heterocycles. The van der Waals surface area contributed by atoms with Gasteiger partial charge in [-0.15, -0.1) is 0 Å². The van der Waals surface area contributed by atoms with Crippen molar-refractivity contribution >= 4 is 41.0 Å². The first kappa shape index (κ1) is 40.7. The summed E-state index contributed by atoms with van der Waals surface area (Å²) in [5, 5.41) is 21.2. The number of nitrogens with one attached hydrogen (secondary N) is 2. The predicted molar refractivity (Wildman–Crippen MR) is 201 cm³/mol. The topological polar surface area (TPSA) is 180 Å². The number of carbonyl (C=O) groups is 4. The number of piperidine rings is 1. The molecule has 2 N–H and O–H groups in total. The van der Waals surface area contributed by atoms with Gasteiger partial charge in [0.1, 0.15) is 12.3 Å². The van der Waals surface area contributed by atoms with E-state index in [1.807, 2.05) is 0 Å². The maximum Gasteiger partial charge on any atom is 0.435 e. The molecule has 3 aromatic heterocycles. The molecule has 3 fully saturated rings. The van der Waals surface area contributed by atoms with Gasteiger partial charge in [-0.25, -0.2) is 14.6 Å². The van der Waals surface area contributed by atoms with Gasteiger partial charge in [0.05, 0.1) is 67.0 Å². The number of likely N-dealkylation sites (tertiary alicyclic amines) is 1. The fourth-order valence-electron chi connectivity index (χ4n) is 7.97. The number of halogens is 4. The molecule has 0 bridgehead atoms. The third-order valence-corrected chi connectivity index (χ3v) is 11.5. The lowest BCUT2D eigenvalue weighted by atomic mass is 9.90. The molecule has 3 saturated heterocycles. The molecule has 58 heavy (non-hydrogen) atoms. The summed E-state index contributed by atoms with van der Waals surface area (Å²) in [6.45, 7) is 4.94. The molecule has 16 nitrogen and oxygen atoms in total. The number of nitrogens with zero attached hydrogens (tertiary/aromatic N) is 8.